The van der Waals surface area contributed by atoms with Crippen molar-refractivity contribution in [2.45, 2.75) is 0 Å². The fourth-order valence-corrected chi connectivity index (χ4v) is 1.36. The van der Waals surface area contributed by atoms with Gasteiger partial charge in [-0.1, -0.05) is 11.6 Å². The number of hydrogen-bond donors (Lipinski definition) is 5. The molecule has 1 heterocycles. The summed E-state index contributed by atoms with van der Waals surface area (Å²) in [6, 6.07) is 0. The van der Waals surface area contributed by atoms with Crippen molar-refractivity contribution in [3.63, 3.8) is 0 Å². The molecule has 1 aromatic rings. The molecule has 9 heteroatoms. The number of aliphatic imine (C=N–C) groups is 1. The summed E-state index contributed by atoms with van der Waals surface area (Å²) in [6.07, 6.45) is 2.77. The number of nitrogens with two attached hydrogens (primary N) is 3. The van der Waals surface area contributed by atoms with Crippen molar-refractivity contribution in [2.75, 3.05) is 23.8 Å². The molecule has 1 aromatic heterocycles. The molecule has 8 nitrogen and oxygen atoms in total. The van der Waals surface area contributed by atoms with Crippen molar-refractivity contribution in [1.29, 1.82) is 5.41 Å². The summed E-state index contributed by atoms with van der Waals surface area (Å²) in [5, 5.41) is 9.73. The third-order valence-corrected chi connectivity index (χ3v) is 2.08. The van der Waals surface area contributed by atoms with Gasteiger partial charge in [-0.15, -0.1) is 0 Å². The Bertz CT molecular complexity index is 498. The Balaban J connectivity index is 3.11. The number of allylic oxidation sites excluding steroid dienone is 1. The number of nitrogens with one attached hydrogen (secondary N) is 2. The van der Waals surface area contributed by atoms with Gasteiger partial charge in [0.15, 0.2) is 0 Å². The lowest BCUT2D eigenvalue weighted by atomic mass is 10.3. The molecule has 0 aliphatic rings. The summed E-state index contributed by atoms with van der Waals surface area (Å²) >= 11 is 5.52. The van der Waals surface area contributed by atoms with E-state index < -0.39 is 0 Å². The molecule has 0 aliphatic carbocycles. The molecule has 0 spiro atoms. The van der Waals surface area contributed by atoms with Crippen molar-refractivity contribution in [3.8, 4) is 0 Å². The predicted molar refractivity (Wildman–Crippen MR) is 73.8 cm³/mol. The molecular weight excluding hydrogens is 256 g/mol. The average Bonchev–Trinajstić information content (AvgIpc) is 2.26. The maximum Gasteiger partial charge on any atom is 0.231 e. The lowest BCUT2D eigenvalue weighted by Crippen LogP contribution is -2.13. The minimum atomic E-state index is -0.318. The first kappa shape index (κ1) is 13.7. The van der Waals surface area contributed by atoms with Crippen molar-refractivity contribution in [1.82, 2.24) is 9.97 Å². The van der Waals surface area contributed by atoms with E-state index in [2.05, 4.69) is 20.3 Å². The van der Waals surface area contributed by atoms with Crippen molar-refractivity contribution >= 4 is 40.6 Å². The van der Waals surface area contributed by atoms with Crippen LogP contribution in [0.5, 0.6) is 0 Å². The largest absolute Gasteiger partial charge is 0.403 e. The zero-order valence-electron chi connectivity index (χ0n) is 9.61. The van der Waals surface area contributed by atoms with E-state index in [0.717, 1.165) is 0 Å². The topological polar surface area (TPSA) is 152 Å². The minimum absolute atomic E-state index is 0.00908. The number of aromatic nitrogens is 2. The van der Waals surface area contributed by atoms with Crippen LogP contribution in [0.2, 0.25) is 0 Å². The number of rotatable bonds is 4. The molecule has 0 saturated carbocycles. The first-order chi connectivity index (χ1) is 8.49. The fourth-order valence-electron chi connectivity index (χ4n) is 1.16. The summed E-state index contributed by atoms with van der Waals surface area (Å²) in [6.45, 7) is 0. The highest BCUT2D eigenvalue weighted by Crippen LogP contribution is 2.20. The quantitative estimate of drug-likeness (QED) is 0.489. The molecule has 0 radical (unpaired) electrons. The molecule has 96 valence electrons. The summed E-state index contributed by atoms with van der Waals surface area (Å²) < 4.78 is 0. The normalized spacial score (nSPS) is 11.8. The van der Waals surface area contributed by atoms with Gasteiger partial charge in [0.1, 0.15) is 16.8 Å². The van der Waals surface area contributed by atoms with Gasteiger partial charge in [-0.05, 0) is 0 Å². The van der Waals surface area contributed by atoms with Gasteiger partial charge in [0, 0.05) is 19.5 Å². The lowest BCUT2D eigenvalue weighted by Gasteiger charge is -2.09. The highest BCUT2D eigenvalue weighted by atomic mass is 35.5. The monoisotopic (exact) mass is 268 g/mol. The Labute approximate surface area is 108 Å². The second-order valence-corrected chi connectivity index (χ2v) is 3.52. The summed E-state index contributed by atoms with van der Waals surface area (Å²) in [5.74, 6) is 0.160. The number of nitrogen functional groups attached to an aromatic ring is 2. The maximum absolute atomic E-state index is 7.28. The second kappa shape index (κ2) is 5.82. The van der Waals surface area contributed by atoms with Crippen LogP contribution in [0.1, 0.15) is 5.56 Å². The van der Waals surface area contributed by atoms with E-state index in [0.29, 0.717) is 5.70 Å². The van der Waals surface area contributed by atoms with E-state index in [4.69, 9.17) is 34.2 Å². The Morgan fingerprint density at radius 2 is 1.94 bits per heavy atom. The molecule has 0 saturated heterocycles. The van der Waals surface area contributed by atoms with Crippen LogP contribution in [0, 0.1) is 5.41 Å². The Morgan fingerprint density at radius 1 is 1.39 bits per heavy atom. The SMILES string of the molecule is CN=CC(=CN)Nc1nc(N)c(C(=N)Cl)c(N)n1. The molecule has 0 fully saturated rings. The van der Waals surface area contributed by atoms with Crippen molar-refractivity contribution in [2.24, 2.45) is 10.7 Å². The molecular formula is C9H13ClN8. The van der Waals surface area contributed by atoms with Gasteiger partial charge >= 0.3 is 0 Å². The average molecular weight is 269 g/mol. The smallest absolute Gasteiger partial charge is 0.231 e. The fraction of sp³-hybridized carbons (Fsp3) is 0.111. The van der Waals surface area contributed by atoms with Crippen LogP contribution in [0.25, 0.3) is 0 Å². The van der Waals surface area contributed by atoms with Gasteiger partial charge in [0.25, 0.3) is 0 Å². The van der Waals surface area contributed by atoms with Gasteiger partial charge in [-0.2, -0.15) is 9.97 Å². The molecule has 0 unspecified atom stereocenters. The zero-order chi connectivity index (χ0) is 13.7. The van der Waals surface area contributed by atoms with Crippen LogP contribution in [-0.4, -0.2) is 28.4 Å². The highest BCUT2D eigenvalue weighted by Gasteiger charge is 2.13. The Kier molecular flexibility index (Phi) is 4.44. The van der Waals surface area contributed by atoms with E-state index in [-0.39, 0.29) is 28.3 Å². The van der Waals surface area contributed by atoms with Gasteiger partial charge in [-0.25, -0.2) is 0 Å². The third-order valence-electron chi connectivity index (χ3n) is 1.89. The molecule has 1 rings (SSSR count). The van der Waals surface area contributed by atoms with Crippen molar-refractivity contribution < 1.29 is 0 Å². The highest BCUT2D eigenvalue weighted by molar-refractivity contribution is 6.69. The molecule has 0 atom stereocenters. The Hall–Kier alpha value is -2.35. The standard InChI is InChI=1S/C9H13ClN8/c1-15-3-4(2-11)16-9-17-7(13)5(6(10)12)8(14)18-9/h2-3,12H,11H2,1H3,(H5,13,14,16,17,18). The Morgan fingerprint density at radius 3 is 2.33 bits per heavy atom. The van der Waals surface area contributed by atoms with E-state index in [9.17, 15) is 0 Å². The molecule has 0 aromatic carbocycles. The van der Waals surface area contributed by atoms with Gasteiger partial charge in [-0.3, -0.25) is 10.4 Å². The number of nitrogens with zero attached hydrogens (tertiary/aromatic N) is 3. The molecule has 0 aliphatic heterocycles. The van der Waals surface area contributed by atoms with E-state index in [1.54, 1.807) is 7.05 Å². The van der Waals surface area contributed by atoms with Crippen LogP contribution >= 0.6 is 11.6 Å². The van der Waals surface area contributed by atoms with Crippen molar-refractivity contribution in [3.05, 3.63) is 17.5 Å². The molecule has 18 heavy (non-hydrogen) atoms. The second-order valence-electron chi connectivity index (χ2n) is 3.14. The third kappa shape index (κ3) is 3.08. The molecule has 0 bridgehead atoms. The number of hydrogen-bond acceptors (Lipinski definition) is 8. The van der Waals surface area contributed by atoms with Gasteiger partial charge < -0.3 is 22.5 Å². The minimum Gasteiger partial charge on any atom is -0.403 e. The lowest BCUT2D eigenvalue weighted by molar-refractivity contribution is 1.16. The number of halogens is 1. The maximum atomic E-state index is 7.28. The van der Waals surface area contributed by atoms with Crippen LogP contribution in [-0.2, 0) is 0 Å². The van der Waals surface area contributed by atoms with E-state index in [1.165, 1.54) is 12.4 Å². The summed E-state index contributed by atoms with van der Waals surface area (Å²) in [4.78, 5) is 11.6. The van der Waals surface area contributed by atoms with Crippen LogP contribution in [0.3, 0.4) is 0 Å². The summed E-state index contributed by atoms with van der Waals surface area (Å²) in [5.41, 5.74) is 17.2. The summed E-state index contributed by atoms with van der Waals surface area (Å²) in [7, 11) is 1.59. The van der Waals surface area contributed by atoms with Crippen LogP contribution < -0.4 is 22.5 Å². The first-order valence-electron chi connectivity index (χ1n) is 4.78. The van der Waals surface area contributed by atoms with E-state index in [1.807, 2.05) is 0 Å². The predicted octanol–water partition coefficient (Wildman–Crippen LogP) is 0.118. The van der Waals surface area contributed by atoms with Crippen LogP contribution in [0.4, 0.5) is 17.6 Å². The zero-order valence-corrected chi connectivity index (χ0v) is 10.4. The van der Waals surface area contributed by atoms with E-state index >= 15 is 0 Å². The van der Waals surface area contributed by atoms with Gasteiger partial charge in [0.2, 0.25) is 5.95 Å². The first-order valence-corrected chi connectivity index (χ1v) is 5.15. The molecule has 0 amide bonds. The number of anilines is 3. The van der Waals surface area contributed by atoms with Gasteiger partial charge in [0.05, 0.1) is 11.3 Å². The molecule has 8 N–H and O–H groups in total. The van der Waals surface area contributed by atoms with Crippen LogP contribution in [0.15, 0.2) is 16.9 Å².